The summed E-state index contributed by atoms with van der Waals surface area (Å²) in [4.78, 5) is 28.4. The van der Waals surface area contributed by atoms with Gasteiger partial charge in [0.1, 0.15) is 5.76 Å². The Kier molecular flexibility index (Phi) is 7.17. The Morgan fingerprint density at radius 2 is 1.97 bits per heavy atom. The van der Waals surface area contributed by atoms with Crippen LogP contribution in [0.1, 0.15) is 63.0 Å². The largest absolute Gasteiger partial charge is 0.497 e. The Bertz CT molecular complexity index is 1170. The standard InChI is InChI=1S/C29H37NO8/c1-18(2)7-5-10-29(33,16-24(31)35-4)27(32)38-26-23(34-3)15-28-9-6-11-30(28)12-8-19-13-21-22(37-17-36-21)14-20(19)25(26)28/h7,13-15,25-26,33H,5-6,8-12,16-17H2,1-4H3/t25?,26?,28-,29+/m0/s1. The molecule has 5 rings (SSSR count). The molecule has 0 saturated carbocycles. The van der Waals surface area contributed by atoms with Gasteiger partial charge < -0.3 is 28.8 Å². The number of benzene rings is 1. The predicted molar refractivity (Wildman–Crippen MR) is 138 cm³/mol. The summed E-state index contributed by atoms with van der Waals surface area (Å²) >= 11 is 0. The molecule has 0 radical (unpaired) electrons. The molecule has 1 fully saturated rings. The molecule has 2 unspecified atom stereocenters. The first-order valence-electron chi connectivity index (χ1n) is 13.3. The maximum atomic E-state index is 13.7. The molecule has 9 nitrogen and oxygen atoms in total. The monoisotopic (exact) mass is 527 g/mol. The summed E-state index contributed by atoms with van der Waals surface area (Å²) in [6.45, 7) is 5.83. The SMILES string of the molecule is COC(=O)C[C@](O)(CCC=C(C)C)C(=O)OC1C(OC)=C[C@]23CCCN2CCc2cc4c(cc2C13)OCO4. The Morgan fingerprint density at radius 1 is 1.21 bits per heavy atom. The Morgan fingerprint density at radius 3 is 2.68 bits per heavy atom. The number of carbonyl (C=O) groups excluding carboxylic acids is 2. The van der Waals surface area contributed by atoms with E-state index in [0.717, 1.165) is 54.8 Å². The van der Waals surface area contributed by atoms with E-state index in [1.807, 2.05) is 32.1 Å². The summed E-state index contributed by atoms with van der Waals surface area (Å²) in [6.07, 6.45) is 5.92. The topological polar surface area (TPSA) is 104 Å². The van der Waals surface area contributed by atoms with Crippen molar-refractivity contribution >= 4 is 11.9 Å². The normalized spacial score (nSPS) is 26.7. The first-order chi connectivity index (χ1) is 18.2. The van der Waals surface area contributed by atoms with E-state index in [-0.39, 0.29) is 19.1 Å². The first kappa shape index (κ1) is 26.6. The van der Waals surface area contributed by atoms with E-state index in [9.17, 15) is 14.7 Å². The molecule has 1 saturated heterocycles. The molecule has 0 amide bonds. The van der Waals surface area contributed by atoms with E-state index < -0.39 is 35.6 Å². The third-order valence-corrected chi connectivity index (χ3v) is 8.35. The fourth-order valence-electron chi connectivity index (χ4n) is 6.49. The minimum absolute atomic E-state index is 0.0298. The highest BCUT2D eigenvalue weighted by Gasteiger charge is 2.59. The highest BCUT2D eigenvalue weighted by atomic mass is 16.7. The van der Waals surface area contributed by atoms with Crippen molar-refractivity contribution in [3.05, 3.63) is 46.7 Å². The summed E-state index contributed by atoms with van der Waals surface area (Å²) in [5.74, 6) is 0.137. The van der Waals surface area contributed by atoms with Gasteiger partial charge >= 0.3 is 11.9 Å². The van der Waals surface area contributed by atoms with Gasteiger partial charge in [-0.2, -0.15) is 0 Å². The van der Waals surface area contributed by atoms with Gasteiger partial charge in [0.2, 0.25) is 6.79 Å². The highest BCUT2D eigenvalue weighted by molar-refractivity contribution is 5.86. The Balaban J connectivity index is 1.53. The van der Waals surface area contributed by atoms with Crippen LogP contribution in [0.5, 0.6) is 11.5 Å². The fraction of sp³-hybridized carbons (Fsp3) is 0.586. The van der Waals surface area contributed by atoms with E-state index >= 15 is 0 Å². The van der Waals surface area contributed by atoms with Crippen LogP contribution < -0.4 is 9.47 Å². The fourth-order valence-corrected chi connectivity index (χ4v) is 6.49. The van der Waals surface area contributed by atoms with Gasteiger partial charge in [-0.1, -0.05) is 11.6 Å². The maximum absolute atomic E-state index is 13.7. The number of carbonyl (C=O) groups is 2. The number of hydrogen-bond donors (Lipinski definition) is 1. The molecule has 4 atom stereocenters. The number of methoxy groups -OCH3 is 2. The predicted octanol–water partition coefficient (Wildman–Crippen LogP) is 3.39. The van der Waals surface area contributed by atoms with Gasteiger partial charge in [-0.25, -0.2) is 4.79 Å². The second-order valence-electron chi connectivity index (χ2n) is 10.9. The van der Waals surface area contributed by atoms with Crippen LogP contribution in [0.2, 0.25) is 0 Å². The smallest absolute Gasteiger partial charge is 0.339 e. The van der Waals surface area contributed by atoms with Gasteiger partial charge in [0.25, 0.3) is 0 Å². The second-order valence-corrected chi connectivity index (χ2v) is 10.9. The van der Waals surface area contributed by atoms with Crippen LogP contribution in [0.25, 0.3) is 0 Å². The molecule has 1 aliphatic carbocycles. The van der Waals surface area contributed by atoms with E-state index in [4.69, 9.17) is 23.7 Å². The van der Waals surface area contributed by atoms with Crippen LogP contribution >= 0.6 is 0 Å². The van der Waals surface area contributed by atoms with Crippen molar-refractivity contribution in [2.45, 2.75) is 75.5 Å². The first-order valence-corrected chi connectivity index (χ1v) is 13.3. The van der Waals surface area contributed by atoms with E-state index in [1.54, 1.807) is 7.11 Å². The van der Waals surface area contributed by atoms with Crippen LogP contribution in [-0.4, -0.2) is 73.3 Å². The minimum Gasteiger partial charge on any atom is -0.497 e. The summed E-state index contributed by atoms with van der Waals surface area (Å²) in [5.41, 5.74) is 0.772. The van der Waals surface area contributed by atoms with E-state index in [1.165, 1.54) is 7.11 Å². The van der Waals surface area contributed by atoms with E-state index in [2.05, 4.69) is 11.0 Å². The van der Waals surface area contributed by atoms with E-state index in [0.29, 0.717) is 17.9 Å². The zero-order valence-electron chi connectivity index (χ0n) is 22.6. The molecule has 0 bridgehead atoms. The molecule has 3 aliphatic heterocycles. The number of rotatable bonds is 8. The lowest BCUT2D eigenvalue weighted by molar-refractivity contribution is -0.178. The number of allylic oxidation sites excluding steroid dienone is 2. The van der Waals surface area contributed by atoms with Gasteiger partial charge in [-0.05, 0) is 81.8 Å². The molecule has 1 aromatic carbocycles. The minimum atomic E-state index is -2.04. The molecule has 3 heterocycles. The van der Waals surface area contributed by atoms with Crippen molar-refractivity contribution in [3.8, 4) is 11.5 Å². The second kappa shape index (κ2) is 10.3. The molecule has 1 spiro atoms. The van der Waals surface area contributed by atoms with Gasteiger partial charge in [-0.3, -0.25) is 9.69 Å². The zero-order chi connectivity index (χ0) is 27.1. The van der Waals surface area contributed by atoms with Crippen molar-refractivity contribution in [1.82, 2.24) is 4.90 Å². The Hall–Kier alpha value is -3.04. The maximum Gasteiger partial charge on any atom is 0.339 e. The molecule has 9 heteroatoms. The number of fused-ring (bicyclic) bond motifs is 3. The molecule has 206 valence electrons. The molecule has 4 aliphatic rings. The van der Waals surface area contributed by atoms with Gasteiger partial charge in [-0.15, -0.1) is 0 Å². The lowest BCUT2D eigenvalue weighted by atomic mass is 9.77. The average Bonchev–Trinajstić information content (AvgIpc) is 3.57. The van der Waals surface area contributed by atoms with Crippen LogP contribution in [0.3, 0.4) is 0 Å². The van der Waals surface area contributed by atoms with Crippen molar-refractivity contribution in [2.24, 2.45) is 0 Å². The third kappa shape index (κ3) is 4.56. The van der Waals surface area contributed by atoms with Crippen LogP contribution in [0.4, 0.5) is 0 Å². The van der Waals surface area contributed by atoms with Crippen LogP contribution in [0.15, 0.2) is 35.6 Å². The average molecular weight is 528 g/mol. The summed E-state index contributed by atoms with van der Waals surface area (Å²) in [7, 11) is 2.81. The lowest BCUT2D eigenvalue weighted by Crippen LogP contribution is -2.49. The number of nitrogens with zero attached hydrogens (tertiary/aromatic N) is 1. The molecular formula is C29H37NO8. The molecule has 38 heavy (non-hydrogen) atoms. The number of hydrogen-bond acceptors (Lipinski definition) is 9. The van der Waals surface area contributed by atoms with Crippen molar-refractivity contribution in [2.75, 3.05) is 34.1 Å². The number of esters is 2. The zero-order valence-corrected chi connectivity index (χ0v) is 22.6. The van der Waals surface area contributed by atoms with Crippen molar-refractivity contribution < 1.29 is 38.4 Å². The van der Waals surface area contributed by atoms with Crippen LogP contribution in [-0.2, 0) is 30.2 Å². The summed E-state index contributed by atoms with van der Waals surface area (Å²) in [6, 6.07) is 4.04. The number of aliphatic hydroxyl groups is 1. The van der Waals surface area contributed by atoms with Gasteiger partial charge in [0.05, 0.1) is 32.1 Å². The third-order valence-electron chi connectivity index (χ3n) is 8.35. The summed E-state index contributed by atoms with van der Waals surface area (Å²) in [5, 5.41) is 11.5. The van der Waals surface area contributed by atoms with Gasteiger partial charge in [0.15, 0.2) is 23.2 Å². The highest BCUT2D eigenvalue weighted by Crippen LogP contribution is 2.55. The van der Waals surface area contributed by atoms with Gasteiger partial charge in [0, 0.05) is 6.54 Å². The molecule has 1 aromatic rings. The molecule has 0 aromatic heterocycles. The molecule has 1 N–H and O–H groups in total. The molecular weight excluding hydrogens is 490 g/mol. The number of ether oxygens (including phenoxy) is 5. The van der Waals surface area contributed by atoms with Crippen LogP contribution in [0, 0.1) is 0 Å². The van der Waals surface area contributed by atoms with Crippen molar-refractivity contribution in [3.63, 3.8) is 0 Å². The Labute approximate surface area is 223 Å². The quantitative estimate of drug-likeness (QED) is 0.402. The summed E-state index contributed by atoms with van der Waals surface area (Å²) < 4.78 is 28.2. The lowest BCUT2D eigenvalue weighted by Gasteiger charge is -2.39. The van der Waals surface area contributed by atoms with Crippen molar-refractivity contribution in [1.29, 1.82) is 0 Å².